The molecule has 4 aliphatic rings. The van der Waals surface area contributed by atoms with Crippen LogP contribution in [0.3, 0.4) is 0 Å². The van der Waals surface area contributed by atoms with Crippen LogP contribution in [0.2, 0.25) is 0 Å². The van der Waals surface area contributed by atoms with Crippen LogP contribution in [0.4, 0.5) is 0 Å². The molecule has 0 aromatic rings. The number of thioether (sulfide) groups is 1. The lowest BCUT2D eigenvalue weighted by Crippen LogP contribution is -2.74. The summed E-state index contributed by atoms with van der Waals surface area (Å²) in [4.78, 5) is 42.6. The Hall–Kier alpha value is -3.30. The highest BCUT2D eigenvalue weighted by molar-refractivity contribution is 8.02. The van der Waals surface area contributed by atoms with E-state index in [-0.39, 0.29) is 29.4 Å². The molecule has 1 saturated carbocycles. The number of carboxylic acid groups (broad SMARTS) is 1. The van der Waals surface area contributed by atoms with Gasteiger partial charge in [0.05, 0.1) is 12.2 Å². The topological polar surface area (TPSA) is 253 Å². The number of nitrogens with one attached hydrogen (secondary N) is 4. The molecule has 0 aromatic carbocycles. The Morgan fingerprint density at radius 1 is 1.39 bits per heavy atom. The molecule has 18 nitrogen and oxygen atoms in total. The van der Waals surface area contributed by atoms with Gasteiger partial charge in [0.2, 0.25) is 5.60 Å². The van der Waals surface area contributed by atoms with Gasteiger partial charge in [-0.1, -0.05) is 16.9 Å². The number of rotatable bonds is 16. The monoisotopic (exact) mass is 616 g/mol. The molecule has 3 fully saturated rings. The highest BCUT2D eigenvalue weighted by atomic mass is 32.2. The van der Waals surface area contributed by atoms with Gasteiger partial charge in [0.1, 0.15) is 17.6 Å². The lowest BCUT2D eigenvalue weighted by molar-refractivity contribution is -0.153. The number of carbonyl (C=O) groups is 3. The van der Waals surface area contributed by atoms with Crippen molar-refractivity contribution in [2.45, 2.75) is 42.4 Å². The number of β-lactam (4-membered cyclic amide) rings is 1. The lowest BCUT2D eigenvalue weighted by Gasteiger charge is -2.44. The van der Waals surface area contributed by atoms with Crippen molar-refractivity contribution in [3.05, 3.63) is 11.1 Å². The fraction of sp³-hybridized carbons (Fsp3) is 0.619. The first-order chi connectivity index (χ1) is 19.4. The summed E-state index contributed by atoms with van der Waals surface area (Å²) in [5, 5.41) is 35.1. The van der Waals surface area contributed by atoms with Crippen molar-refractivity contribution in [3.63, 3.8) is 0 Å². The zero-order chi connectivity index (χ0) is 29.8. The number of carbonyl (C=O) groups excluding carboxylic acids is 2. The quantitative estimate of drug-likeness (QED) is 0.0300. The number of aliphatic carboxylic acids is 1. The molecule has 20 heteroatoms. The first-order valence-electron chi connectivity index (χ1n) is 12.6. The molecular weight excluding hydrogens is 584 g/mol. The van der Waals surface area contributed by atoms with E-state index in [4.69, 9.17) is 10.6 Å². The summed E-state index contributed by atoms with van der Waals surface area (Å²) in [5.74, 6) is -2.75. The van der Waals surface area contributed by atoms with E-state index in [1.54, 1.807) is 0 Å². The second-order valence-electron chi connectivity index (χ2n) is 9.70. The molecule has 0 bridgehead atoms. The molecule has 0 aromatic heterocycles. The number of nitrogens with zero attached hydrogens (tertiary/aromatic N) is 5. The van der Waals surface area contributed by atoms with Gasteiger partial charge < -0.3 is 36.9 Å². The van der Waals surface area contributed by atoms with Gasteiger partial charge in [-0.25, -0.2) is 9.10 Å². The molecule has 0 spiro atoms. The van der Waals surface area contributed by atoms with Crippen molar-refractivity contribution in [3.8, 4) is 0 Å². The standard InChI is InChI=1S/C21H32N10O8S2/c1-23-30(26-6-2-5-24-7-12-8-25-9-12)10-14-16(18(33)31(14)41(36,37)38)28-17(32)15(13-11-40-20(22)27-13)29-39-21(3-4-21)19(34)35/h6,11-12,14,16,20,24-25,27H,1-5,7-10,22H2,(H,28,32)(H,34,35)(H,36,37,38)/b26-6-,29-15-. The van der Waals surface area contributed by atoms with Crippen LogP contribution < -0.4 is 27.0 Å². The van der Waals surface area contributed by atoms with E-state index in [0.717, 1.165) is 36.5 Å². The van der Waals surface area contributed by atoms with Crippen molar-refractivity contribution in [2.75, 3.05) is 32.7 Å². The largest absolute Gasteiger partial charge is 0.478 e. The summed E-state index contributed by atoms with van der Waals surface area (Å²) in [6.07, 6.45) is 2.43. The summed E-state index contributed by atoms with van der Waals surface area (Å²) in [5.41, 5.74) is 3.31. The number of hydrogen-bond donors (Lipinski definition) is 7. The predicted octanol–water partition coefficient (Wildman–Crippen LogP) is -3.00. The Morgan fingerprint density at radius 2 is 2.12 bits per heavy atom. The first kappa shape index (κ1) is 30.7. The maximum absolute atomic E-state index is 13.2. The first-order valence-corrected chi connectivity index (χ1v) is 15.0. The van der Waals surface area contributed by atoms with Crippen molar-refractivity contribution in [1.82, 2.24) is 30.7 Å². The van der Waals surface area contributed by atoms with E-state index in [1.807, 2.05) is 0 Å². The zero-order valence-electron chi connectivity index (χ0n) is 21.8. The fourth-order valence-corrected chi connectivity index (χ4v) is 5.60. The van der Waals surface area contributed by atoms with E-state index < -0.39 is 57.0 Å². The van der Waals surface area contributed by atoms with Gasteiger partial charge >= 0.3 is 16.3 Å². The second-order valence-corrected chi connectivity index (χ2v) is 12.0. The van der Waals surface area contributed by atoms with Crippen LogP contribution in [0.1, 0.15) is 19.3 Å². The molecule has 3 heterocycles. The smallest absolute Gasteiger partial charge is 0.362 e. The number of oxime groups is 1. The van der Waals surface area contributed by atoms with Gasteiger partial charge in [-0.3, -0.25) is 14.1 Å². The Morgan fingerprint density at radius 3 is 2.66 bits per heavy atom. The molecule has 0 radical (unpaired) electrons. The second kappa shape index (κ2) is 12.7. The van der Waals surface area contributed by atoms with E-state index in [2.05, 4.69) is 43.3 Å². The maximum atomic E-state index is 13.2. The Labute approximate surface area is 239 Å². The molecule has 4 rings (SSSR count). The summed E-state index contributed by atoms with van der Waals surface area (Å²) >= 11 is 1.11. The number of hydrogen-bond acceptors (Lipinski definition) is 15. The number of amides is 2. The van der Waals surface area contributed by atoms with Crippen molar-refractivity contribution >= 4 is 58.5 Å². The molecule has 3 aliphatic heterocycles. The van der Waals surface area contributed by atoms with Crippen LogP contribution in [0, 0.1) is 5.92 Å². The van der Waals surface area contributed by atoms with Crippen LogP contribution in [-0.2, 0) is 29.5 Å². The van der Waals surface area contributed by atoms with Gasteiger partial charge in [0, 0.05) is 57.4 Å². The van der Waals surface area contributed by atoms with Crippen molar-refractivity contribution in [1.29, 1.82) is 0 Å². The molecule has 2 saturated heterocycles. The van der Waals surface area contributed by atoms with Crippen LogP contribution in [0.5, 0.6) is 0 Å². The van der Waals surface area contributed by atoms with Gasteiger partial charge in [-0.2, -0.15) is 23.7 Å². The van der Waals surface area contributed by atoms with E-state index in [0.29, 0.717) is 18.9 Å². The third kappa shape index (κ3) is 7.32. The predicted molar refractivity (Wildman–Crippen MR) is 148 cm³/mol. The lowest BCUT2D eigenvalue weighted by atomic mass is 9.98. The molecule has 41 heavy (non-hydrogen) atoms. The van der Waals surface area contributed by atoms with Crippen molar-refractivity contribution in [2.24, 2.45) is 27.0 Å². The molecule has 3 unspecified atom stereocenters. The van der Waals surface area contributed by atoms with Crippen LogP contribution in [0.15, 0.2) is 26.5 Å². The van der Waals surface area contributed by atoms with Crippen molar-refractivity contribution < 1.29 is 37.3 Å². The molecular formula is C21H32N10O8S2. The highest BCUT2D eigenvalue weighted by Crippen LogP contribution is 2.40. The summed E-state index contributed by atoms with van der Waals surface area (Å²) in [6.45, 7) is 6.51. The number of carboxylic acids is 1. The van der Waals surface area contributed by atoms with Gasteiger partial charge in [-0.15, -0.1) is 0 Å². The molecule has 3 atom stereocenters. The van der Waals surface area contributed by atoms with E-state index in [9.17, 15) is 32.5 Å². The Balaban J connectivity index is 1.43. The summed E-state index contributed by atoms with van der Waals surface area (Å²) in [6, 6.07) is -2.75. The average molecular weight is 617 g/mol. The fourth-order valence-electron chi connectivity index (χ4n) is 4.07. The molecule has 226 valence electrons. The van der Waals surface area contributed by atoms with Gasteiger partial charge in [-0.05, 0) is 12.3 Å². The average Bonchev–Trinajstić information content (AvgIpc) is 3.56. The van der Waals surface area contributed by atoms with E-state index in [1.165, 1.54) is 11.6 Å². The minimum absolute atomic E-state index is 0.109. The third-order valence-corrected chi connectivity index (χ3v) is 8.42. The highest BCUT2D eigenvalue weighted by Gasteiger charge is 2.56. The van der Waals surface area contributed by atoms with Gasteiger partial charge in [0.15, 0.2) is 5.71 Å². The zero-order valence-corrected chi connectivity index (χ0v) is 23.4. The number of hydrazone groups is 2. The van der Waals surface area contributed by atoms with Crippen LogP contribution in [-0.4, -0.2) is 120 Å². The van der Waals surface area contributed by atoms with Gasteiger partial charge in [0.25, 0.3) is 11.8 Å². The number of nitrogens with two attached hydrogens (primary N) is 1. The normalized spacial score (nSPS) is 25.6. The summed E-state index contributed by atoms with van der Waals surface area (Å²) < 4.78 is 33.6. The van der Waals surface area contributed by atoms with Crippen LogP contribution >= 0.6 is 11.8 Å². The molecule has 8 N–H and O–H groups in total. The molecule has 2 amide bonds. The summed E-state index contributed by atoms with van der Waals surface area (Å²) in [7, 11) is -4.99. The Bertz CT molecular complexity index is 1250. The van der Waals surface area contributed by atoms with Crippen LogP contribution in [0.25, 0.3) is 0 Å². The SMILES string of the molecule is C=NN(CC1C(NC(=O)/C(=N\OC2(C(=O)O)CC2)C2=CSC(N)N2)C(=O)N1S(=O)(=O)O)/N=C\CCNCC1CNC1. The molecule has 1 aliphatic carbocycles. The Kier molecular flexibility index (Phi) is 9.49. The maximum Gasteiger partial charge on any atom is 0.362 e. The minimum atomic E-state index is -4.99. The minimum Gasteiger partial charge on any atom is -0.478 e. The van der Waals surface area contributed by atoms with E-state index >= 15 is 0 Å². The third-order valence-electron chi connectivity index (χ3n) is 6.69.